The number of ether oxygens (including phenoxy) is 1. The van der Waals surface area contributed by atoms with Crippen molar-refractivity contribution in [1.82, 2.24) is 5.43 Å². The van der Waals surface area contributed by atoms with Crippen molar-refractivity contribution in [2.45, 2.75) is 24.8 Å². The molecule has 110 valence electrons. The Bertz CT molecular complexity index is 585. The quantitative estimate of drug-likeness (QED) is 0.632. The number of para-hydroxylation sites is 1. The van der Waals surface area contributed by atoms with Gasteiger partial charge in [0.25, 0.3) is 0 Å². The third-order valence-corrected chi connectivity index (χ3v) is 4.43. The minimum atomic E-state index is 0.284. The van der Waals surface area contributed by atoms with Gasteiger partial charge < -0.3 is 4.74 Å². The maximum atomic E-state index is 5.80. The van der Waals surface area contributed by atoms with Crippen LogP contribution in [-0.4, -0.2) is 13.2 Å². The first-order valence-corrected chi connectivity index (χ1v) is 7.46. The van der Waals surface area contributed by atoms with E-state index in [0.717, 1.165) is 12.2 Å². The zero-order valence-electron chi connectivity index (χ0n) is 12.3. The van der Waals surface area contributed by atoms with E-state index in [-0.39, 0.29) is 6.04 Å². The van der Waals surface area contributed by atoms with Crippen LogP contribution >= 0.6 is 0 Å². The molecule has 0 aromatic heterocycles. The van der Waals surface area contributed by atoms with E-state index in [1.165, 1.54) is 17.5 Å². The van der Waals surface area contributed by atoms with Gasteiger partial charge in [-0.2, -0.15) is 0 Å². The van der Waals surface area contributed by atoms with Gasteiger partial charge in [0.2, 0.25) is 0 Å². The van der Waals surface area contributed by atoms with Crippen molar-refractivity contribution in [2.24, 2.45) is 11.8 Å². The zero-order valence-corrected chi connectivity index (χ0v) is 12.3. The van der Waals surface area contributed by atoms with Gasteiger partial charge in [0.1, 0.15) is 5.75 Å². The van der Waals surface area contributed by atoms with Crippen molar-refractivity contribution < 1.29 is 4.74 Å². The first-order valence-electron chi connectivity index (χ1n) is 7.46. The molecule has 3 atom stereocenters. The lowest BCUT2D eigenvalue weighted by Gasteiger charge is -2.18. The maximum absolute atomic E-state index is 5.80. The van der Waals surface area contributed by atoms with Crippen LogP contribution in [0.5, 0.6) is 5.75 Å². The molecular weight excluding hydrogens is 260 g/mol. The molecule has 1 aliphatic carbocycles. The highest BCUT2D eigenvalue weighted by atomic mass is 16.5. The Morgan fingerprint density at radius 1 is 1.14 bits per heavy atom. The number of hydrazine groups is 1. The van der Waals surface area contributed by atoms with Crippen molar-refractivity contribution >= 4 is 0 Å². The molecule has 0 heterocycles. The Balaban J connectivity index is 1.70. The molecule has 1 fully saturated rings. The van der Waals surface area contributed by atoms with Crippen molar-refractivity contribution in [3.05, 3.63) is 65.7 Å². The lowest BCUT2D eigenvalue weighted by atomic mass is 9.99. The number of hydrogen-bond acceptors (Lipinski definition) is 3. The molecule has 2 aromatic carbocycles. The predicted molar refractivity (Wildman–Crippen MR) is 85.1 cm³/mol. The van der Waals surface area contributed by atoms with E-state index in [4.69, 9.17) is 10.6 Å². The fourth-order valence-corrected chi connectivity index (χ4v) is 3.19. The first-order chi connectivity index (χ1) is 10.3. The van der Waals surface area contributed by atoms with Crippen LogP contribution in [0.1, 0.15) is 23.5 Å². The summed E-state index contributed by atoms with van der Waals surface area (Å²) in [7, 11) is 1.72. The van der Waals surface area contributed by atoms with E-state index in [0.29, 0.717) is 11.8 Å². The number of hydrogen-bond donors (Lipinski definition) is 2. The Hall–Kier alpha value is -1.84. The molecule has 3 unspecified atom stereocenters. The Morgan fingerprint density at radius 2 is 1.86 bits per heavy atom. The average Bonchev–Trinajstić information content (AvgIpc) is 3.34. The lowest BCUT2D eigenvalue weighted by Crippen LogP contribution is -2.39. The van der Waals surface area contributed by atoms with Crippen LogP contribution in [0.25, 0.3) is 0 Å². The number of nitrogens with two attached hydrogens (primary N) is 1. The van der Waals surface area contributed by atoms with Crippen molar-refractivity contribution in [3.63, 3.8) is 0 Å². The topological polar surface area (TPSA) is 47.3 Å². The van der Waals surface area contributed by atoms with Crippen LogP contribution < -0.4 is 16.0 Å². The van der Waals surface area contributed by atoms with Crippen LogP contribution in [0, 0.1) is 5.92 Å². The third-order valence-electron chi connectivity index (χ3n) is 4.43. The van der Waals surface area contributed by atoms with E-state index in [1.807, 2.05) is 18.2 Å². The highest BCUT2D eigenvalue weighted by Crippen LogP contribution is 2.50. The van der Waals surface area contributed by atoms with E-state index in [2.05, 4.69) is 41.8 Å². The molecule has 1 saturated carbocycles. The highest BCUT2D eigenvalue weighted by molar-refractivity contribution is 5.35. The average molecular weight is 282 g/mol. The summed E-state index contributed by atoms with van der Waals surface area (Å²) in [5, 5.41) is 0. The molecule has 3 heteroatoms. The summed E-state index contributed by atoms with van der Waals surface area (Å²) in [4.78, 5) is 0. The highest BCUT2D eigenvalue weighted by Gasteiger charge is 2.43. The third kappa shape index (κ3) is 3.09. The molecule has 3 rings (SSSR count). The number of nitrogens with one attached hydrogen (secondary N) is 1. The van der Waals surface area contributed by atoms with Gasteiger partial charge in [-0.3, -0.25) is 11.3 Å². The monoisotopic (exact) mass is 282 g/mol. The lowest BCUT2D eigenvalue weighted by molar-refractivity contribution is 0.400. The van der Waals surface area contributed by atoms with Crippen molar-refractivity contribution in [2.75, 3.05) is 7.11 Å². The summed E-state index contributed by atoms with van der Waals surface area (Å²) in [6.07, 6.45) is 2.10. The number of benzene rings is 2. The van der Waals surface area contributed by atoms with Gasteiger partial charge in [-0.05, 0) is 41.9 Å². The van der Waals surface area contributed by atoms with Gasteiger partial charge >= 0.3 is 0 Å². The fraction of sp³-hybridized carbons (Fsp3) is 0.333. The normalized spacial score (nSPS) is 21.8. The molecule has 3 N–H and O–H groups in total. The molecular formula is C18H22N2O. The van der Waals surface area contributed by atoms with Crippen molar-refractivity contribution in [3.8, 4) is 5.75 Å². The summed E-state index contributed by atoms with van der Waals surface area (Å²) >= 11 is 0. The largest absolute Gasteiger partial charge is 0.496 e. The second kappa shape index (κ2) is 6.29. The van der Waals surface area contributed by atoms with E-state index < -0.39 is 0 Å². The minimum absolute atomic E-state index is 0.284. The van der Waals surface area contributed by atoms with Crippen LogP contribution in [-0.2, 0) is 6.42 Å². The van der Waals surface area contributed by atoms with Gasteiger partial charge in [0, 0.05) is 6.04 Å². The van der Waals surface area contributed by atoms with Gasteiger partial charge in [0.05, 0.1) is 7.11 Å². The molecule has 0 spiro atoms. The van der Waals surface area contributed by atoms with Gasteiger partial charge in [-0.15, -0.1) is 0 Å². The second-order valence-electron chi connectivity index (χ2n) is 5.71. The minimum Gasteiger partial charge on any atom is -0.496 e. The van der Waals surface area contributed by atoms with Crippen LogP contribution in [0.15, 0.2) is 54.6 Å². The Morgan fingerprint density at radius 3 is 2.57 bits per heavy atom. The molecule has 0 amide bonds. The molecule has 1 aliphatic rings. The van der Waals surface area contributed by atoms with Gasteiger partial charge in [-0.1, -0.05) is 48.5 Å². The van der Waals surface area contributed by atoms with Crippen LogP contribution in [0.3, 0.4) is 0 Å². The van der Waals surface area contributed by atoms with Crippen LogP contribution in [0.4, 0.5) is 0 Å². The Labute approximate surface area is 126 Å². The number of rotatable bonds is 6. The fourth-order valence-electron chi connectivity index (χ4n) is 3.19. The van der Waals surface area contributed by atoms with Crippen LogP contribution in [0.2, 0.25) is 0 Å². The molecule has 0 aliphatic heterocycles. The maximum Gasteiger partial charge on any atom is 0.122 e. The predicted octanol–water partition coefficient (Wildman–Crippen LogP) is 2.87. The molecule has 0 saturated heterocycles. The van der Waals surface area contributed by atoms with Crippen molar-refractivity contribution in [1.29, 1.82) is 0 Å². The Kier molecular flexibility index (Phi) is 4.23. The molecule has 0 bridgehead atoms. The number of methoxy groups -OCH3 is 1. The zero-order chi connectivity index (χ0) is 14.7. The van der Waals surface area contributed by atoms with E-state index in [9.17, 15) is 0 Å². The summed E-state index contributed by atoms with van der Waals surface area (Å²) in [5.41, 5.74) is 5.64. The second-order valence-corrected chi connectivity index (χ2v) is 5.71. The molecule has 3 nitrogen and oxygen atoms in total. The SMILES string of the molecule is COc1ccccc1CC(NN)C1CC1c1ccccc1. The molecule has 2 aromatic rings. The smallest absolute Gasteiger partial charge is 0.122 e. The van der Waals surface area contributed by atoms with Gasteiger partial charge in [-0.25, -0.2) is 0 Å². The molecule has 0 radical (unpaired) electrons. The van der Waals surface area contributed by atoms with E-state index in [1.54, 1.807) is 7.11 Å². The standard InChI is InChI=1S/C18H22N2O/c1-21-18-10-6-5-9-14(18)11-17(20-19)16-12-15(16)13-7-3-2-4-8-13/h2-10,15-17,20H,11-12,19H2,1H3. The molecule has 21 heavy (non-hydrogen) atoms. The van der Waals surface area contributed by atoms with E-state index >= 15 is 0 Å². The van der Waals surface area contributed by atoms with Gasteiger partial charge in [0.15, 0.2) is 0 Å². The summed E-state index contributed by atoms with van der Waals surface area (Å²) in [6.45, 7) is 0. The summed E-state index contributed by atoms with van der Waals surface area (Å²) in [6, 6.07) is 19.1. The first kappa shape index (κ1) is 14.1. The summed E-state index contributed by atoms with van der Waals surface area (Å²) in [5.74, 6) is 7.97. The summed E-state index contributed by atoms with van der Waals surface area (Å²) < 4.78 is 5.43.